The third-order valence-corrected chi connectivity index (χ3v) is 11.4. The van der Waals surface area contributed by atoms with Gasteiger partial charge in [-0.15, -0.1) is 20.5 Å². The lowest BCUT2D eigenvalue weighted by Gasteiger charge is -2.14. The molecular weight excluding hydrogens is 859 g/mol. The zero-order chi connectivity index (χ0) is 41.1. The molecule has 0 radical (unpaired) electrons. The maximum Gasteiger partial charge on any atom is 0.357 e. The Kier molecular flexibility index (Phi) is 10.6. The summed E-state index contributed by atoms with van der Waals surface area (Å²) in [4.78, 5) is -6.54. The lowest BCUT2D eigenvalue weighted by atomic mass is 10.1. The molecule has 0 saturated carbocycles. The number of aromatic hydroxyl groups is 1. The van der Waals surface area contributed by atoms with Crippen molar-refractivity contribution in [2.75, 3.05) is 16.2 Å². The fourth-order valence-electron chi connectivity index (χ4n) is 4.40. The van der Waals surface area contributed by atoms with Crippen molar-refractivity contribution in [2.24, 2.45) is 20.5 Å². The quantitative estimate of drug-likeness (QED) is 0.0585. The van der Waals surface area contributed by atoms with E-state index in [-0.39, 0.29) is 6.07 Å². The van der Waals surface area contributed by atoms with Gasteiger partial charge in [-0.25, -0.2) is 0 Å². The van der Waals surface area contributed by atoms with Crippen LogP contribution in [0.25, 0.3) is 10.8 Å². The molecule has 0 atom stereocenters. The van der Waals surface area contributed by atoms with Crippen molar-refractivity contribution in [1.29, 1.82) is 0 Å². The number of anilines is 3. The van der Waals surface area contributed by atoms with Gasteiger partial charge in [-0.1, -0.05) is 0 Å². The van der Waals surface area contributed by atoms with Gasteiger partial charge in [-0.3, -0.25) is 32.0 Å². The second-order valence-corrected chi connectivity index (χ2v) is 18.3. The molecule has 12 N–H and O–H groups in total. The largest absolute Gasteiger partial charge is 0.505 e. The molecule has 0 heterocycles. The Morgan fingerprint density at radius 3 is 1.43 bits per heavy atom. The van der Waals surface area contributed by atoms with Crippen LogP contribution >= 0.6 is 0 Å². The van der Waals surface area contributed by atoms with Crippen molar-refractivity contribution in [3.05, 3.63) is 42.5 Å². The number of phenols is 1. The normalized spacial score (nSPS) is 13.6. The summed E-state index contributed by atoms with van der Waals surface area (Å²) in [7, 11) is -31.9. The Morgan fingerprint density at radius 1 is 0.500 bits per heavy atom. The number of nitrogens with two attached hydrogens (primary N) is 2. The van der Waals surface area contributed by atoms with Crippen molar-refractivity contribution in [2.45, 2.75) is 24.5 Å². The number of nitrogens with zero attached hydrogens (tertiary/aromatic N) is 4. The predicted molar refractivity (Wildman–Crippen MR) is 180 cm³/mol. The molecule has 32 heteroatoms. The molecule has 0 aliphatic carbocycles. The highest BCUT2D eigenvalue weighted by molar-refractivity contribution is 7.87. The number of rotatable bonds is 11. The van der Waals surface area contributed by atoms with E-state index in [0.717, 1.165) is 6.07 Å². The van der Waals surface area contributed by atoms with Crippen LogP contribution in [0.2, 0.25) is 0 Å². The maximum absolute atomic E-state index is 12.4. The molecule has 4 aromatic carbocycles. The second kappa shape index (κ2) is 13.7. The molecule has 0 bridgehead atoms. The van der Waals surface area contributed by atoms with Crippen molar-refractivity contribution >= 4 is 111 Å². The molecule has 4 rings (SSSR count). The summed E-state index contributed by atoms with van der Waals surface area (Å²) in [5.41, 5.74) is 4.61. The molecule has 0 aliphatic heterocycles. The maximum atomic E-state index is 12.4. The summed E-state index contributed by atoms with van der Waals surface area (Å²) in [5, 5.41) is 23.3. The highest BCUT2D eigenvalue weighted by Crippen LogP contribution is 2.49. The molecular formula is C22H19N7O19S6. The van der Waals surface area contributed by atoms with Crippen LogP contribution in [0.5, 0.6) is 5.75 Å². The first-order valence-corrected chi connectivity index (χ1v) is 21.6. The topological polar surface area (TPSA) is 460 Å². The Hall–Kier alpha value is -5.00. The van der Waals surface area contributed by atoms with E-state index in [2.05, 4.69) is 20.5 Å². The van der Waals surface area contributed by atoms with Crippen molar-refractivity contribution < 1.29 is 82.9 Å². The van der Waals surface area contributed by atoms with Crippen molar-refractivity contribution in [3.63, 3.8) is 0 Å². The van der Waals surface area contributed by atoms with Crippen molar-refractivity contribution in [1.82, 2.24) is 0 Å². The van der Waals surface area contributed by atoms with E-state index < -0.39 is 142 Å². The van der Waals surface area contributed by atoms with Crippen LogP contribution in [0.1, 0.15) is 0 Å². The summed E-state index contributed by atoms with van der Waals surface area (Å²) in [6.07, 6.45) is 0. The zero-order valence-corrected chi connectivity index (χ0v) is 30.4. The number of benzene rings is 4. The first kappa shape index (κ1) is 41.8. The molecule has 4 aromatic rings. The summed E-state index contributed by atoms with van der Waals surface area (Å²) in [5.74, 6) is -1.40. The number of nitrogen functional groups attached to an aromatic ring is 2. The van der Waals surface area contributed by atoms with Gasteiger partial charge < -0.3 is 16.6 Å². The lowest BCUT2D eigenvalue weighted by molar-refractivity contribution is 0.472. The zero-order valence-electron chi connectivity index (χ0n) is 25.5. The third kappa shape index (κ3) is 9.02. The fourth-order valence-corrected chi connectivity index (χ4v) is 8.13. The van der Waals surface area contributed by atoms with Crippen LogP contribution in [0.15, 0.2) is 87.4 Å². The smallest absolute Gasteiger partial charge is 0.357 e. The van der Waals surface area contributed by atoms with Crippen LogP contribution in [0, 0.1) is 0 Å². The molecule has 0 unspecified atom stereocenters. The Balaban J connectivity index is 2.07. The van der Waals surface area contributed by atoms with Gasteiger partial charge in [-0.2, -0.15) is 50.5 Å². The molecule has 54 heavy (non-hydrogen) atoms. The third-order valence-electron chi connectivity index (χ3n) is 6.52. The summed E-state index contributed by atoms with van der Waals surface area (Å²) < 4.78 is 202. The van der Waals surface area contributed by atoms with Crippen LogP contribution in [-0.2, 0) is 60.9 Å². The Labute approximate surface area is 302 Å². The summed E-state index contributed by atoms with van der Waals surface area (Å²) in [6.45, 7) is 0. The minimum absolute atomic E-state index is 0.147. The van der Waals surface area contributed by atoms with E-state index in [1.165, 1.54) is 4.72 Å². The van der Waals surface area contributed by atoms with Gasteiger partial charge in [0.15, 0.2) is 5.75 Å². The minimum Gasteiger partial charge on any atom is -0.505 e. The van der Waals surface area contributed by atoms with Gasteiger partial charge in [0.1, 0.15) is 47.2 Å². The molecule has 0 fully saturated rings. The molecule has 0 amide bonds. The molecule has 26 nitrogen and oxygen atoms in total. The highest BCUT2D eigenvalue weighted by Gasteiger charge is 2.29. The fraction of sp³-hybridized carbons (Fsp3) is 0. The van der Waals surface area contributed by atoms with E-state index in [9.17, 15) is 78.4 Å². The van der Waals surface area contributed by atoms with Crippen LogP contribution in [-0.4, -0.2) is 82.9 Å². The molecule has 0 saturated heterocycles. The average Bonchev–Trinajstić information content (AvgIpc) is 2.96. The monoisotopic (exact) mass is 877 g/mol. The van der Waals surface area contributed by atoms with E-state index in [1.54, 1.807) is 0 Å². The van der Waals surface area contributed by atoms with Crippen molar-refractivity contribution in [3.8, 4) is 5.75 Å². The van der Waals surface area contributed by atoms with E-state index in [1.807, 2.05) is 0 Å². The van der Waals surface area contributed by atoms with Gasteiger partial charge in [-0.05, 0) is 47.9 Å². The number of nitrogens with one attached hydrogen (secondary N) is 1. The van der Waals surface area contributed by atoms with Crippen LogP contribution < -0.4 is 16.2 Å². The van der Waals surface area contributed by atoms with Gasteiger partial charge in [0.25, 0.3) is 50.6 Å². The molecule has 292 valence electrons. The number of hydrogen-bond donors (Lipinski definition) is 10. The van der Waals surface area contributed by atoms with E-state index in [0.29, 0.717) is 30.3 Å². The molecule has 0 aliphatic rings. The van der Waals surface area contributed by atoms with Gasteiger partial charge >= 0.3 is 10.3 Å². The number of fused-ring (bicyclic) bond motifs is 1. The number of azo groups is 2. The summed E-state index contributed by atoms with van der Waals surface area (Å²) >= 11 is 0. The first-order valence-electron chi connectivity index (χ1n) is 13.0. The number of hydrogen-bond acceptors (Lipinski definition) is 19. The lowest BCUT2D eigenvalue weighted by Crippen LogP contribution is -2.11. The van der Waals surface area contributed by atoms with Crippen LogP contribution in [0.3, 0.4) is 0 Å². The second-order valence-electron chi connectivity index (χ2n) is 10.2. The average molecular weight is 878 g/mol. The van der Waals surface area contributed by atoms with E-state index >= 15 is 0 Å². The Morgan fingerprint density at radius 2 is 0.944 bits per heavy atom. The van der Waals surface area contributed by atoms with Gasteiger partial charge in [0, 0.05) is 0 Å². The van der Waals surface area contributed by atoms with Crippen LogP contribution in [0.4, 0.5) is 39.8 Å². The molecule has 0 aromatic heterocycles. The van der Waals surface area contributed by atoms with Gasteiger partial charge in [0.05, 0.1) is 22.4 Å². The summed E-state index contributed by atoms with van der Waals surface area (Å²) in [6, 6.07) is 3.25. The Bertz CT molecular complexity index is 3040. The van der Waals surface area contributed by atoms with E-state index in [4.69, 9.17) is 16.0 Å². The predicted octanol–water partition coefficient (Wildman–Crippen LogP) is 1.99. The minimum atomic E-state index is -5.51. The highest BCUT2D eigenvalue weighted by atomic mass is 32.2. The standard InChI is InChI=1S/C22H19N7O19S6/c23-10-6-12(15(51(37,38)39)7-13(10)49(31,32)33)26-27-20-16(52(40,41)42)3-8-4-17(53(43,44)45)21(22(30)18(8)19(20)24)28-25-11-2-1-9(29-54(46,47)48)5-14(11)50(34,35)36/h1-7,29-30H,23-24H2,(H,31,32,33)(H,34,35,36)(H,37,38,39)(H,40,41,42)(H,43,44,45)(H,46,47,48). The van der Waals surface area contributed by atoms with Gasteiger partial charge in [0.2, 0.25) is 0 Å². The SMILES string of the molecule is Nc1cc(N=Nc2c(S(=O)(=O)O)cc3cc(S(=O)(=O)O)c(N=Nc4ccc(NS(=O)(=O)O)cc4S(=O)(=O)O)c(O)c3c2N)c(S(=O)(=O)O)cc1S(=O)(=O)O. The first-order chi connectivity index (χ1) is 24.3. The number of phenolic OH excluding ortho intramolecular Hbond substituents is 1. The molecule has 0 spiro atoms.